The third kappa shape index (κ3) is 1.94. The summed E-state index contributed by atoms with van der Waals surface area (Å²) in [5.74, 6) is 0. The van der Waals surface area contributed by atoms with Crippen LogP contribution < -0.4 is 10.4 Å². The van der Waals surface area contributed by atoms with Crippen molar-refractivity contribution in [1.82, 2.24) is 0 Å². The molecule has 2 rings (SSSR count). The van der Waals surface area contributed by atoms with Crippen molar-refractivity contribution in [2.75, 3.05) is 0 Å². The summed E-state index contributed by atoms with van der Waals surface area (Å²) in [5.41, 5.74) is 8.44. The van der Waals surface area contributed by atoms with E-state index in [2.05, 4.69) is 10.0 Å². The number of nitrogens with zero attached hydrogens (tertiary/aromatic N) is 3. The Labute approximate surface area is 97.3 Å². The Kier molecular flexibility index (Phi) is 2.97. The second kappa shape index (κ2) is 4.42. The summed E-state index contributed by atoms with van der Waals surface area (Å²) in [5, 5.41) is 14.3. The van der Waals surface area contributed by atoms with E-state index in [1.807, 2.05) is 0 Å². The molecule has 17 heavy (non-hydrogen) atoms. The predicted octanol–water partition coefficient (Wildman–Crippen LogP) is -0.688. The molecular weight excluding hydrogens is 242 g/mol. The van der Waals surface area contributed by atoms with Gasteiger partial charge in [0.25, 0.3) is 0 Å². The topological polar surface area (TPSA) is 103 Å². The van der Waals surface area contributed by atoms with Crippen LogP contribution in [0.25, 0.3) is 22.2 Å². The van der Waals surface area contributed by atoms with Gasteiger partial charge in [-0.05, 0) is 22.0 Å². The summed E-state index contributed by atoms with van der Waals surface area (Å²) in [6.45, 7) is 0. The highest BCUT2D eigenvalue weighted by molar-refractivity contribution is 7.74. The number of aliphatic hydroxyl groups excluding tert-OH is 1. The van der Waals surface area contributed by atoms with E-state index in [9.17, 15) is 13.5 Å². The van der Waals surface area contributed by atoms with Gasteiger partial charge >= 0.3 is 0 Å². The number of aliphatic hydroxyl groups is 1. The highest BCUT2D eigenvalue weighted by atomic mass is 32.2. The summed E-state index contributed by atoms with van der Waals surface area (Å²) < 4.78 is 21.9. The van der Waals surface area contributed by atoms with Crippen LogP contribution in [0.15, 0.2) is 29.4 Å². The molecule has 1 aromatic rings. The lowest BCUT2D eigenvalue weighted by molar-refractivity contribution is 0.297. The lowest BCUT2D eigenvalue weighted by Gasteiger charge is -2.13. The highest BCUT2D eigenvalue weighted by Gasteiger charge is 2.20. The van der Waals surface area contributed by atoms with Crippen LogP contribution in [0.1, 0.15) is 0 Å². The fourth-order valence-electron chi connectivity index (χ4n) is 1.67. The molecule has 6 nitrogen and oxygen atoms in total. The molecule has 0 aliphatic heterocycles. The van der Waals surface area contributed by atoms with Gasteiger partial charge in [0, 0.05) is 4.91 Å². The van der Waals surface area contributed by atoms with Gasteiger partial charge in [0.05, 0.1) is 5.70 Å². The normalized spacial score (nSPS) is 17.8. The number of rotatable bonds is 1. The van der Waals surface area contributed by atoms with Gasteiger partial charge in [-0.25, -0.2) is 0 Å². The molecular formula is C10H7N3O3S. The summed E-state index contributed by atoms with van der Waals surface area (Å²) in [4.78, 5) is 2.40. The molecule has 0 radical (unpaired) electrons. The van der Waals surface area contributed by atoms with Crippen LogP contribution in [0.5, 0.6) is 0 Å². The lowest BCUT2D eigenvalue weighted by Crippen LogP contribution is -2.39. The second-order valence-electron chi connectivity index (χ2n) is 3.35. The molecule has 7 heteroatoms. The van der Waals surface area contributed by atoms with E-state index in [0.29, 0.717) is 10.4 Å². The highest BCUT2D eigenvalue weighted by Crippen LogP contribution is 2.08. The van der Waals surface area contributed by atoms with E-state index in [1.165, 1.54) is 6.08 Å². The number of hydrogen-bond acceptors (Lipinski definition) is 4. The maximum atomic E-state index is 10.9. The van der Waals surface area contributed by atoms with Crippen molar-refractivity contribution in [2.24, 2.45) is 5.11 Å². The van der Waals surface area contributed by atoms with Crippen LogP contribution in [0.3, 0.4) is 0 Å². The zero-order valence-electron chi connectivity index (χ0n) is 8.48. The van der Waals surface area contributed by atoms with Crippen molar-refractivity contribution in [3.8, 4) is 0 Å². The molecule has 0 saturated heterocycles. The quantitative estimate of drug-likeness (QED) is 0.308. The maximum Gasteiger partial charge on any atom is 0.220 e. The molecule has 0 heterocycles. The molecule has 0 aromatic heterocycles. The summed E-state index contributed by atoms with van der Waals surface area (Å²) in [6, 6.07) is 6.78. The fraction of sp³-hybridized carbons (Fsp3) is 0.100. The molecule has 86 valence electrons. The first kappa shape index (κ1) is 11.4. The molecule has 1 aromatic carbocycles. The lowest BCUT2D eigenvalue weighted by atomic mass is 10.0. The second-order valence-corrected chi connectivity index (χ2v) is 4.29. The minimum absolute atomic E-state index is 0.00444. The van der Waals surface area contributed by atoms with Crippen molar-refractivity contribution in [1.29, 1.82) is 0 Å². The average molecular weight is 249 g/mol. The van der Waals surface area contributed by atoms with Crippen molar-refractivity contribution >= 4 is 26.9 Å². The molecule has 0 saturated carbocycles. The molecule has 1 aliphatic rings. The SMILES string of the molecule is [N-]=[N+]=NC1=c2ccccc2=CC(=S(=O)=O)C1O. The molecule has 0 fully saturated rings. The first-order chi connectivity index (χ1) is 8.15. The van der Waals surface area contributed by atoms with E-state index in [4.69, 9.17) is 5.53 Å². The zero-order chi connectivity index (χ0) is 12.4. The van der Waals surface area contributed by atoms with Crippen LogP contribution in [0.2, 0.25) is 0 Å². The molecule has 1 atom stereocenters. The molecule has 0 amide bonds. The van der Waals surface area contributed by atoms with E-state index < -0.39 is 16.4 Å². The smallest absolute Gasteiger partial charge is 0.220 e. The Morgan fingerprint density at radius 3 is 2.71 bits per heavy atom. The van der Waals surface area contributed by atoms with Crippen molar-refractivity contribution in [3.05, 3.63) is 45.1 Å². The van der Waals surface area contributed by atoms with Gasteiger partial charge in [0.2, 0.25) is 10.3 Å². The van der Waals surface area contributed by atoms with Crippen LogP contribution in [0.4, 0.5) is 0 Å². The molecule has 1 unspecified atom stereocenters. The van der Waals surface area contributed by atoms with Gasteiger partial charge in [-0.1, -0.05) is 29.4 Å². The van der Waals surface area contributed by atoms with Crippen molar-refractivity contribution < 1.29 is 13.5 Å². The Morgan fingerprint density at radius 2 is 2.06 bits per heavy atom. The number of benzene rings is 1. The number of fused-ring (bicyclic) bond motifs is 1. The first-order valence-electron chi connectivity index (χ1n) is 4.65. The van der Waals surface area contributed by atoms with E-state index >= 15 is 0 Å². The summed E-state index contributed by atoms with van der Waals surface area (Å²) in [7, 11) is -2.56. The molecule has 1 aliphatic carbocycles. The maximum absolute atomic E-state index is 10.9. The zero-order valence-corrected chi connectivity index (χ0v) is 9.29. The standard InChI is InChI=1S/C10H7N3O3S/c11-13-12-9-7-4-2-1-3-6(7)5-8(10(9)14)17(15)16/h1-5,10,14H. The van der Waals surface area contributed by atoms with Gasteiger partial charge < -0.3 is 5.11 Å². The van der Waals surface area contributed by atoms with Gasteiger partial charge in [0.15, 0.2) is 0 Å². The Hall–Kier alpha value is -2.08. The molecule has 0 bridgehead atoms. The van der Waals surface area contributed by atoms with Crippen LogP contribution >= 0.6 is 0 Å². The van der Waals surface area contributed by atoms with Gasteiger partial charge in [-0.3, -0.25) is 0 Å². The van der Waals surface area contributed by atoms with Gasteiger partial charge in [-0.15, -0.1) is 0 Å². The Bertz CT molecular complexity index is 765. The van der Waals surface area contributed by atoms with E-state index in [1.54, 1.807) is 24.3 Å². The summed E-state index contributed by atoms with van der Waals surface area (Å²) in [6.07, 6.45) is -0.0568. The predicted molar refractivity (Wildman–Crippen MR) is 62.6 cm³/mol. The van der Waals surface area contributed by atoms with Crippen LogP contribution in [-0.2, 0) is 10.3 Å². The van der Waals surface area contributed by atoms with E-state index in [-0.39, 0.29) is 10.6 Å². The van der Waals surface area contributed by atoms with Crippen molar-refractivity contribution in [3.63, 3.8) is 0 Å². The van der Waals surface area contributed by atoms with Crippen LogP contribution in [0, 0.1) is 0 Å². The van der Waals surface area contributed by atoms with E-state index in [0.717, 1.165) is 0 Å². The number of azide groups is 1. The third-order valence-electron chi connectivity index (χ3n) is 2.41. The minimum Gasteiger partial charge on any atom is -0.383 e. The van der Waals surface area contributed by atoms with Crippen LogP contribution in [-0.4, -0.2) is 24.5 Å². The fourth-order valence-corrected chi connectivity index (χ4v) is 2.18. The number of hydrogen-bond donors (Lipinski definition) is 1. The largest absolute Gasteiger partial charge is 0.383 e. The summed E-state index contributed by atoms with van der Waals surface area (Å²) >= 11 is 0. The Morgan fingerprint density at radius 1 is 1.35 bits per heavy atom. The molecule has 0 spiro atoms. The first-order valence-corrected chi connectivity index (χ1v) is 5.73. The average Bonchev–Trinajstić information content (AvgIpc) is 2.32. The monoisotopic (exact) mass is 249 g/mol. The Balaban J connectivity index is 3.00. The molecule has 1 N–H and O–H groups in total. The van der Waals surface area contributed by atoms with Crippen molar-refractivity contribution in [2.45, 2.75) is 6.10 Å². The van der Waals surface area contributed by atoms with Gasteiger partial charge in [-0.2, -0.15) is 8.42 Å². The van der Waals surface area contributed by atoms with Gasteiger partial charge in [0.1, 0.15) is 11.0 Å². The third-order valence-corrected chi connectivity index (χ3v) is 3.13. The minimum atomic E-state index is -2.56.